The number of carboxylic acid groups (broad SMARTS) is 1. The maximum Gasteiger partial charge on any atom is 0.344 e. The summed E-state index contributed by atoms with van der Waals surface area (Å²) < 4.78 is 17.7. The Bertz CT molecular complexity index is 2240. The number of aliphatic carboxylic acids is 1. The summed E-state index contributed by atoms with van der Waals surface area (Å²) in [6.45, 7) is 11.2. The third kappa shape index (κ3) is 18.9. The van der Waals surface area contributed by atoms with Crippen LogP contribution in [0.5, 0.6) is 5.75 Å². The predicted molar refractivity (Wildman–Crippen MR) is 279 cm³/mol. The molecule has 1 saturated heterocycles. The molecule has 4 amide bonds. The van der Waals surface area contributed by atoms with Gasteiger partial charge in [-0.1, -0.05) is 76.1 Å². The number of hydrogen-bond acceptors (Lipinski definition) is 11. The zero-order chi connectivity index (χ0) is 53.0. The van der Waals surface area contributed by atoms with Gasteiger partial charge in [0.15, 0.2) is 14.9 Å². The SMILES string of the molecule is CCCCC[C@@H](CC[C@H]1[C@H](CC(C)(C)[Si](C)(C)O)C[C@@H]2Cc3c(cccc3OCC(=O)OCc3ccccc3)C[C@@H]21)OC(=O)/C=C/C(=O)NCCCCC1NC(=O)C(CCCCNC(=O)/C=C/C(=O)O)NC1=O. The minimum absolute atomic E-state index is 0.172. The van der Waals surface area contributed by atoms with Crippen molar-refractivity contribution in [3.05, 3.63) is 89.5 Å². The van der Waals surface area contributed by atoms with Gasteiger partial charge in [0.25, 0.3) is 0 Å². The van der Waals surface area contributed by atoms with E-state index in [1.807, 2.05) is 55.6 Å². The minimum atomic E-state index is -2.52. The predicted octanol–water partition coefficient (Wildman–Crippen LogP) is 7.17. The lowest BCUT2D eigenvalue weighted by Crippen LogP contribution is -2.61. The molecule has 16 nitrogen and oxygen atoms in total. The van der Waals surface area contributed by atoms with Crippen LogP contribution in [0.25, 0.3) is 0 Å². The molecule has 0 radical (unpaired) electrons. The highest BCUT2D eigenvalue weighted by Crippen LogP contribution is 2.56. The van der Waals surface area contributed by atoms with Gasteiger partial charge in [-0.3, -0.25) is 19.2 Å². The van der Waals surface area contributed by atoms with Crippen LogP contribution in [0.4, 0.5) is 0 Å². The number of hydrogen-bond donors (Lipinski definition) is 6. The number of rotatable bonds is 30. The van der Waals surface area contributed by atoms with Crippen LogP contribution in [0.3, 0.4) is 0 Å². The molecule has 0 aromatic heterocycles. The number of ether oxygens (including phenoxy) is 3. The number of esters is 2. The summed E-state index contributed by atoms with van der Waals surface area (Å²) in [6, 6.07) is 14.3. The first-order chi connectivity index (χ1) is 34.8. The lowest BCUT2D eigenvalue weighted by atomic mass is 9.72. The fourth-order valence-corrected chi connectivity index (χ4v) is 11.3. The lowest BCUT2D eigenvalue weighted by molar-refractivity contribution is -0.147. The highest BCUT2D eigenvalue weighted by Gasteiger charge is 2.49. The second-order valence-electron chi connectivity index (χ2n) is 21.3. The summed E-state index contributed by atoms with van der Waals surface area (Å²) in [5.74, 6) is -1.49. The number of amides is 4. The van der Waals surface area contributed by atoms with Crippen LogP contribution in [-0.4, -0.2) is 97.6 Å². The van der Waals surface area contributed by atoms with Crippen molar-refractivity contribution < 1.29 is 57.7 Å². The molecule has 1 saturated carbocycles. The van der Waals surface area contributed by atoms with Crippen molar-refractivity contribution in [1.82, 2.24) is 21.3 Å². The molecule has 3 aliphatic rings. The molecule has 6 N–H and O–H groups in total. The molecule has 17 heteroatoms. The molecule has 1 heterocycles. The van der Waals surface area contributed by atoms with Crippen molar-refractivity contribution in [2.75, 3.05) is 19.7 Å². The summed E-state index contributed by atoms with van der Waals surface area (Å²) in [4.78, 5) is 97.7. The fourth-order valence-electron chi connectivity index (χ4n) is 10.5. The molecule has 7 atom stereocenters. The van der Waals surface area contributed by atoms with E-state index >= 15 is 0 Å². The van der Waals surface area contributed by atoms with Crippen LogP contribution in [0, 0.1) is 23.7 Å². The molecule has 2 aromatic rings. The molecule has 2 aromatic carbocycles. The Morgan fingerprint density at radius 3 is 2.05 bits per heavy atom. The van der Waals surface area contributed by atoms with E-state index in [2.05, 4.69) is 48.1 Å². The monoisotopic (exact) mass is 1030 g/mol. The molecule has 2 unspecified atom stereocenters. The van der Waals surface area contributed by atoms with E-state index in [0.717, 1.165) is 86.8 Å². The van der Waals surface area contributed by atoms with Crippen molar-refractivity contribution in [3.8, 4) is 5.75 Å². The molecule has 2 aliphatic carbocycles. The van der Waals surface area contributed by atoms with Gasteiger partial charge in [-0.05, 0) is 154 Å². The molecule has 5 rings (SSSR count). The van der Waals surface area contributed by atoms with Crippen LogP contribution < -0.4 is 26.0 Å². The summed E-state index contributed by atoms with van der Waals surface area (Å²) in [5, 5.41) is 19.3. The van der Waals surface area contributed by atoms with Gasteiger partial charge < -0.3 is 45.4 Å². The van der Waals surface area contributed by atoms with Gasteiger partial charge in [0.2, 0.25) is 23.6 Å². The number of carboxylic acids is 1. The van der Waals surface area contributed by atoms with Crippen molar-refractivity contribution in [2.45, 2.75) is 166 Å². The molecule has 0 bridgehead atoms. The van der Waals surface area contributed by atoms with E-state index in [4.69, 9.17) is 19.3 Å². The Morgan fingerprint density at radius 1 is 0.795 bits per heavy atom. The van der Waals surface area contributed by atoms with Crippen LogP contribution in [0.1, 0.15) is 127 Å². The molecule has 2 fully saturated rings. The zero-order valence-corrected chi connectivity index (χ0v) is 44.6. The Balaban J connectivity index is 1.09. The Labute approximate surface area is 432 Å². The minimum Gasteiger partial charge on any atom is -0.482 e. The van der Waals surface area contributed by atoms with Crippen LogP contribution in [-0.2, 0) is 62.5 Å². The van der Waals surface area contributed by atoms with Crippen molar-refractivity contribution in [3.63, 3.8) is 0 Å². The van der Waals surface area contributed by atoms with Gasteiger partial charge >= 0.3 is 17.9 Å². The highest BCUT2D eigenvalue weighted by atomic mass is 28.4. The Hall–Kier alpha value is -5.81. The first-order valence-electron chi connectivity index (χ1n) is 26.4. The Morgan fingerprint density at radius 2 is 1.44 bits per heavy atom. The number of fused-ring (bicyclic) bond motifs is 2. The lowest BCUT2D eigenvalue weighted by Gasteiger charge is -2.39. The van der Waals surface area contributed by atoms with E-state index in [9.17, 15) is 38.4 Å². The van der Waals surface area contributed by atoms with Gasteiger partial charge in [-0.25, -0.2) is 14.4 Å². The van der Waals surface area contributed by atoms with Gasteiger partial charge in [0, 0.05) is 37.4 Å². The fraction of sp³-hybridized carbons (Fsp3) is 0.589. The molecule has 0 spiro atoms. The number of benzene rings is 2. The second kappa shape index (κ2) is 28.6. The topological polar surface area (TPSA) is 236 Å². The largest absolute Gasteiger partial charge is 0.482 e. The van der Waals surface area contributed by atoms with Gasteiger partial charge in [-0.2, -0.15) is 0 Å². The molecule has 400 valence electrons. The Kier molecular flexibility index (Phi) is 22.7. The highest BCUT2D eigenvalue weighted by molar-refractivity contribution is 6.72. The zero-order valence-electron chi connectivity index (χ0n) is 43.6. The quantitative estimate of drug-likeness (QED) is 0.0198. The average Bonchev–Trinajstić information content (AvgIpc) is 3.67. The number of piperazine rings is 1. The van der Waals surface area contributed by atoms with E-state index in [0.29, 0.717) is 81.7 Å². The molecular formula is C56H80N4O12Si. The number of unbranched alkanes of at least 4 members (excludes halogenated alkanes) is 4. The van der Waals surface area contributed by atoms with Crippen LogP contribution in [0.2, 0.25) is 18.1 Å². The average molecular weight is 1030 g/mol. The smallest absolute Gasteiger partial charge is 0.344 e. The standard InChI is InChI=1S/C56H80N4O12Si/c1-6-7-9-20-42(72-52(65)29-27-50(62)58-31-15-13-22-47-55(68)59-46(54(67)60-47)21-12-14-30-57-49(61)26-28-51(63)64)24-25-43-41(35-56(2,3)73(4,5)69)32-40-34-45-39(33-44(40)43)19-16-23-48(45)70-37-53(66)71-36-38-17-10-8-11-18-38/h8,10-11,16-19,23,26-29,40-44,46-47,69H,6-7,9,12-15,20-22,24-25,30-37H2,1-5H3,(H,57,61)(H,58,62)(H,59,68)(H,60,67)(H,63,64)/b28-26+,29-27+/t40-,41+,42+,43+,44+,46?,47?/m1/s1. The first kappa shape index (κ1) is 58.1. The maximum absolute atomic E-state index is 13.3. The third-order valence-electron chi connectivity index (χ3n) is 15.2. The second-order valence-corrected chi connectivity index (χ2v) is 25.8. The summed E-state index contributed by atoms with van der Waals surface area (Å²) >= 11 is 0. The summed E-state index contributed by atoms with van der Waals surface area (Å²) in [7, 11) is -2.52. The van der Waals surface area contributed by atoms with E-state index in [1.165, 1.54) is 17.7 Å². The summed E-state index contributed by atoms with van der Waals surface area (Å²) in [5.41, 5.74) is 3.30. The molecular weight excluding hydrogens is 949 g/mol. The van der Waals surface area contributed by atoms with Crippen LogP contribution in [0.15, 0.2) is 72.8 Å². The number of carbonyl (C=O) groups excluding carboxylic acids is 6. The molecule has 1 aliphatic heterocycles. The van der Waals surface area contributed by atoms with Crippen molar-refractivity contribution in [1.29, 1.82) is 0 Å². The van der Waals surface area contributed by atoms with Gasteiger partial charge in [-0.15, -0.1) is 0 Å². The van der Waals surface area contributed by atoms with Gasteiger partial charge in [0.1, 0.15) is 30.5 Å². The van der Waals surface area contributed by atoms with Crippen molar-refractivity contribution >= 4 is 49.9 Å². The number of carbonyl (C=O) groups is 7. The maximum atomic E-state index is 13.3. The first-order valence-corrected chi connectivity index (χ1v) is 29.4. The van der Waals surface area contributed by atoms with Crippen molar-refractivity contribution in [2.24, 2.45) is 23.7 Å². The van der Waals surface area contributed by atoms with Gasteiger partial charge in [0.05, 0.1) is 0 Å². The number of nitrogens with one attached hydrogen (secondary N) is 4. The summed E-state index contributed by atoms with van der Waals surface area (Å²) in [6.07, 6.45) is 15.6. The van der Waals surface area contributed by atoms with E-state index in [-0.39, 0.29) is 36.2 Å². The normalized spacial score (nSPS) is 21.1. The van der Waals surface area contributed by atoms with E-state index < -0.39 is 50.1 Å². The van der Waals surface area contributed by atoms with Crippen LogP contribution >= 0.6 is 0 Å². The third-order valence-corrected chi connectivity index (χ3v) is 18.7. The molecule has 73 heavy (non-hydrogen) atoms. The van der Waals surface area contributed by atoms with E-state index in [1.54, 1.807) is 0 Å².